The lowest BCUT2D eigenvalue weighted by molar-refractivity contribution is -0.0206. The van der Waals surface area contributed by atoms with E-state index in [9.17, 15) is 0 Å². The zero-order chi connectivity index (χ0) is 13.6. The average molecular weight is 267 g/mol. The van der Waals surface area contributed by atoms with Crippen LogP contribution in [0.4, 0.5) is 0 Å². The summed E-state index contributed by atoms with van der Waals surface area (Å²) in [4.78, 5) is 4.16. The smallest absolute Gasteiger partial charge is 0.144 e. The van der Waals surface area contributed by atoms with Gasteiger partial charge in [0.05, 0.1) is 0 Å². The Hall–Kier alpha value is -1.40. The van der Waals surface area contributed by atoms with Crippen molar-refractivity contribution in [2.75, 3.05) is 0 Å². The Balaban J connectivity index is 1.51. The summed E-state index contributed by atoms with van der Waals surface area (Å²) in [5.41, 5.74) is 1.98. The molecule has 4 aliphatic rings. The van der Waals surface area contributed by atoms with Gasteiger partial charge in [-0.1, -0.05) is 6.07 Å². The fourth-order valence-electron chi connectivity index (χ4n) is 5.29. The second-order valence-electron chi connectivity index (χ2n) is 7.17. The first-order valence-electron chi connectivity index (χ1n) is 7.85. The summed E-state index contributed by atoms with van der Waals surface area (Å²) in [6, 6.07) is 6.16. The molecule has 3 heteroatoms. The molecule has 0 unspecified atom stereocenters. The van der Waals surface area contributed by atoms with Crippen molar-refractivity contribution in [3.8, 4) is 6.07 Å². The first-order valence-corrected chi connectivity index (χ1v) is 7.85. The molecule has 3 nitrogen and oxygen atoms in total. The number of nitriles is 1. The molecule has 4 saturated carbocycles. The largest absolute Gasteiger partial charge is 0.307 e. The van der Waals surface area contributed by atoms with Crippen molar-refractivity contribution in [3.63, 3.8) is 0 Å². The Morgan fingerprint density at radius 1 is 1.20 bits per heavy atom. The molecule has 4 aliphatic carbocycles. The molecule has 104 valence electrons. The Labute approximate surface area is 120 Å². The highest BCUT2D eigenvalue weighted by molar-refractivity contribution is 5.30. The maximum absolute atomic E-state index is 9.14. The molecule has 20 heavy (non-hydrogen) atoms. The molecule has 1 aromatic heterocycles. The monoisotopic (exact) mass is 267 g/mol. The quantitative estimate of drug-likeness (QED) is 0.915. The molecule has 0 spiro atoms. The minimum Gasteiger partial charge on any atom is -0.307 e. The maximum atomic E-state index is 9.14. The molecular weight excluding hydrogens is 246 g/mol. The summed E-state index contributed by atoms with van der Waals surface area (Å²) >= 11 is 0. The zero-order valence-corrected chi connectivity index (χ0v) is 11.8. The lowest BCUT2D eigenvalue weighted by atomic mass is 9.53. The van der Waals surface area contributed by atoms with E-state index in [-0.39, 0.29) is 0 Å². The number of pyridine rings is 1. The second kappa shape index (κ2) is 4.56. The molecular formula is C17H21N3. The Morgan fingerprint density at radius 2 is 1.85 bits per heavy atom. The summed E-state index contributed by atoms with van der Waals surface area (Å²) in [5, 5.41) is 13.0. The van der Waals surface area contributed by atoms with Crippen molar-refractivity contribution in [1.82, 2.24) is 10.3 Å². The molecule has 1 aromatic rings. The predicted molar refractivity (Wildman–Crippen MR) is 76.7 cm³/mol. The highest BCUT2D eigenvalue weighted by Crippen LogP contribution is 2.55. The molecule has 1 N–H and O–H groups in total. The molecule has 1 heterocycles. The van der Waals surface area contributed by atoms with Gasteiger partial charge in [0.15, 0.2) is 0 Å². The summed E-state index contributed by atoms with van der Waals surface area (Å²) in [6.45, 7) is 0.795. The van der Waals surface area contributed by atoms with E-state index in [2.05, 4.69) is 16.4 Å². The van der Waals surface area contributed by atoms with Gasteiger partial charge in [0.2, 0.25) is 0 Å². The Bertz CT molecular complexity index is 522. The average Bonchev–Trinajstić information content (AvgIpc) is 2.44. The minimum atomic E-state index is 0.358. The third-order valence-electron chi connectivity index (χ3n) is 5.69. The third-order valence-corrected chi connectivity index (χ3v) is 5.69. The number of nitrogens with zero attached hydrogens (tertiary/aromatic N) is 2. The first kappa shape index (κ1) is 12.3. The van der Waals surface area contributed by atoms with Gasteiger partial charge in [0.25, 0.3) is 0 Å². The predicted octanol–water partition coefficient (Wildman–Crippen LogP) is 3.01. The van der Waals surface area contributed by atoms with Crippen molar-refractivity contribution in [3.05, 3.63) is 29.6 Å². The van der Waals surface area contributed by atoms with Crippen LogP contribution in [0.15, 0.2) is 18.3 Å². The summed E-state index contributed by atoms with van der Waals surface area (Å²) in [7, 11) is 0. The van der Waals surface area contributed by atoms with Gasteiger partial charge in [0, 0.05) is 23.8 Å². The maximum Gasteiger partial charge on any atom is 0.144 e. The van der Waals surface area contributed by atoms with E-state index in [4.69, 9.17) is 5.26 Å². The van der Waals surface area contributed by atoms with Crippen LogP contribution >= 0.6 is 0 Å². The van der Waals surface area contributed by atoms with E-state index < -0.39 is 0 Å². The van der Waals surface area contributed by atoms with Crippen LogP contribution in [0.3, 0.4) is 0 Å². The Morgan fingerprint density at radius 3 is 2.45 bits per heavy atom. The van der Waals surface area contributed by atoms with Gasteiger partial charge in [-0.25, -0.2) is 4.98 Å². The Kier molecular flexibility index (Phi) is 2.82. The summed E-state index contributed by atoms with van der Waals surface area (Å²) < 4.78 is 0. The van der Waals surface area contributed by atoms with E-state index in [0.29, 0.717) is 11.2 Å². The van der Waals surface area contributed by atoms with Crippen molar-refractivity contribution >= 4 is 0 Å². The van der Waals surface area contributed by atoms with E-state index in [1.165, 1.54) is 38.5 Å². The van der Waals surface area contributed by atoms with Crippen LogP contribution in [-0.2, 0) is 6.54 Å². The van der Waals surface area contributed by atoms with E-state index in [1.54, 1.807) is 6.20 Å². The number of nitrogens with one attached hydrogen (secondary N) is 1. The van der Waals surface area contributed by atoms with Crippen molar-refractivity contribution in [2.24, 2.45) is 17.8 Å². The van der Waals surface area contributed by atoms with Crippen LogP contribution in [0.5, 0.6) is 0 Å². The van der Waals surface area contributed by atoms with Crippen LogP contribution in [0.25, 0.3) is 0 Å². The van der Waals surface area contributed by atoms with Gasteiger partial charge in [0.1, 0.15) is 11.8 Å². The number of rotatable bonds is 3. The highest BCUT2D eigenvalue weighted by atomic mass is 15.0. The second-order valence-corrected chi connectivity index (χ2v) is 7.17. The minimum absolute atomic E-state index is 0.358. The van der Waals surface area contributed by atoms with Gasteiger partial charge in [-0.15, -0.1) is 0 Å². The molecule has 0 radical (unpaired) electrons. The molecule has 0 aliphatic heterocycles. The van der Waals surface area contributed by atoms with E-state index in [0.717, 1.165) is 29.9 Å². The van der Waals surface area contributed by atoms with Gasteiger partial charge in [-0.3, -0.25) is 0 Å². The topological polar surface area (TPSA) is 48.7 Å². The van der Waals surface area contributed by atoms with Crippen LogP contribution in [-0.4, -0.2) is 10.5 Å². The van der Waals surface area contributed by atoms with Gasteiger partial charge in [-0.2, -0.15) is 5.26 Å². The standard InChI is InChI=1S/C17H21N3/c18-10-16-15(2-1-3-19-16)11-20-17-7-12-4-13(8-17)6-14(5-12)9-17/h1-3,12-14,20H,4-9,11H2. The summed E-state index contributed by atoms with van der Waals surface area (Å²) in [6.07, 6.45) is 10.2. The molecule has 0 saturated heterocycles. The van der Waals surface area contributed by atoms with Crippen molar-refractivity contribution in [1.29, 1.82) is 5.26 Å². The highest BCUT2D eigenvalue weighted by Gasteiger charge is 2.50. The summed E-state index contributed by atoms with van der Waals surface area (Å²) in [5.74, 6) is 2.87. The van der Waals surface area contributed by atoms with Crippen molar-refractivity contribution in [2.45, 2.75) is 50.6 Å². The van der Waals surface area contributed by atoms with Crippen LogP contribution in [0, 0.1) is 29.1 Å². The van der Waals surface area contributed by atoms with Gasteiger partial charge >= 0.3 is 0 Å². The van der Waals surface area contributed by atoms with Crippen LogP contribution < -0.4 is 5.32 Å². The SMILES string of the molecule is N#Cc1ncccc1CNC12CC3CC(CC(C3)C1)C2. The third kappa shape index (κ3) is 2.03. The zero-order valence-electron chi connectivity index (χ0n) is 11.8. The van der Waals surface area contributed by atoms with E-state index in [1.807, 2.05) is 12.1 Å². The molecule has 5 rings (SSSR count). The molecule has 4 fully saturated rings. The molecule has 0 aromatic carbocycles. The first-order chi connectivity index (χ1) is 9.76. The molecule has 0 amide bonds. The lowest BCUT2D eigenvalue weighted by Crippen LogP contribution is -2.58. The van der Waals surface area contributed by atoms with Gasteiger partial charge in [-0.05, 0) is 62.3 Å². The van der Waals surface area contributed by atoms with Crippen LogP contribution in [0.2, 0.25) is 0 Å². The fraction of sp³-hybridized carbons (Fsp3) is 0.647. The van der Waals surface area contributed by atoms with Gasteiger partial charge < -0.3 is 5.32 Å². The van der Waals surface area contributed by atoms with Crippen molar-refractivity contribution < 1.29 is 0 Å². The number of hydrogen-bond donors (Lipinski definition) is 1. The van der Waals surface area contributed by atoms with E-state index >= 15 is 0 Å². The molecule has 0 atom stereocenters. The molecule has 4 bridgehead atoms. The lowest BCUT2D eigenvalue weighted by Gasteiger charge is -2.57. The normalized spacial score (nSPS) is 37.9. The number of hydrogen-bond acceptors (Lipinski definition) is 3. The number of aromatic nitrogens is 1. The van der Waals surface area contributed by atoms with Crippen LogP contribution in [0.1, 0.15) is 49.8 Å². The fourth-order valence-corrected chi connectivity index (χ4v) is 5.29.